The monoisotopic (exact) mass is 423 g/mol. The molecule has 24 heavy (non-hydrogen) atoms. The van der Waals surface area contributed by atoms with Gasteiger partial charge in [-0.05, 0) is 47.1 Å². The predicted octanol–water partition coefficient (Wildman–Crippen LogP) is 4.84. The van der Waals surface area contributed by atoms with E-state index in [1.807, 2.05) is 43.4 Å². The van der Waals surface area contributed by atoms with E-state index in [-0.39, 0.29) is 11.2 Å². The van der Waals surface area contributed by atoms with Crippen molar-refractivity contribution in [2.24, 2.45) is 0 Å². The minimum atomic E-state index is 0.132. The molecule has 1 N–H and O–H groups in total. The second kappa shape index (κ2) is 7.72. The van der Waals surface area contributed by atoms with E-state index in [4.69, 9.17) is 0 Å². The minimum absolute atomic E-state index is 0.132. The molecule has 0 aliphatic carbocycles. The highest BCUT2D eigenvalue weighted by Crippen LogP contribution is 2.28. The molecular weight excluding hydrogens is 406 g/mol. The average Bonchev–Trinajstić information content (AvgIpc) is 3.18. The molecule has 0 saturated carbocycles. The van der Waals surface area contributed by atoms with Gasteiger partial charge in [-0.2, -0.15) is 0 Å². The summed E-state index contributed by atoms with van der Waals surface area (Å²) in [6.07, 6.45) is 0. The van der Waals surface area contributed by atoms with Gasteiger partial charge in [-0.1, -0.05) is 12.1 Å². The van der Waals surface area contributed by atoms with Crippen LogP contribution in [0.15, 0.2) is 40.2 Å². The highest BCUT2D eigenvalue weighted by atomic mass is 79.9. The molecule has 0 aliphatic rings. The summed E-state index contributed by atoms with van der Waals surface area (Å²) in [7, 11) is 1.85. The zero-order chi connectivity index (χ0) is 17.1. The summed E-state index contributed by atoms with van der Waals surface area (Å²) in [5, 5.41) is 0.144. The first-order valence-corrected chi connectivity index (χ1v) is 10.2. The third kappa shape index (κ3) is 4.20. The van der Waals surface area contributed by atoms with Crippen molar-refractivity contribution >= 4 is 56.0 Å². The van der Waals surface area contributed by atoms with E-state index < -0.39 is 0 Å². The van der Waals surface area contributed by atoms with Gasteiger partial charge in [0.25, 0.3) is 0 Å². The van der Waals surface area contributed by atoms with Crippen LogP contribution in [0, 0.1) is 0 Å². The molecule has 0 spiro atoms. The molecule has 0 aliphatic heterocycles. The molecule has 1 atom stereocenters. The second-order valence-corrected chi connectivity index (χ2v) is 9.42. The lowest BCUT2D eigenvalue weighted by Gasteiger charge is -2.17. The van der Waals surface area contributed by atoms with Gasteiger partial charge in [0.2, 0.25) is 5.91 Å². The van der Waals surface area contributed by atoms with Crippen molar-refractivity contribution in [2.45, 2.75) is 18.7 Å². The van der Waals surface area contributed by atoms with Gasteiger partial charge in [-0.3, -0.25) is 4.79 Å². The number of carbonyl (C=O) groups is 1. The van der Waals surface area contributed by atoms with Crippen molar-refractivity contribution in [3.05, 3.63) is 50.9 Å². The topological polar surface area (TPSA) is 49.0 Å². The van der Waals surface area contributed by atoms with Crippen molar-refractivity contribution < 1.29 is 4.79 Å². The number of aromatic nitrogens is 2. The number of nitrogens with one attached hydrogen (secondary N) is 1. The number of rotatable bonds is 6. The molecule has 7 heteroatoms. The average molecular weight is 424 g/mol. The van der Waals surface area contributed by atoms with Gasteiger partial charge in [0.15, 0.2) is 0 Å². The SMILES string of the molecule is CC(SCC(=O)N(C)Cc1ccc(Br)s1)c1nc2ccccc2[nH]1. The van der Waals surface area contributed by atoms with Crippen LogP contribution in [0.25, 0.3) is 11.0 Å². The minimum Gasteiger partial charge on any atom is -0.341 e. The van der Waals surface area contributed by atoms with Gasteiger partial charge in [-0.25, -0.2) is 4.98 Å². The molecule has 3 aromatic rings. The first kappa shape index (κ1) is 17.5. The number of fused-ring (bicyclic) bond motifs is 1. The number of carbonyl (C=O) groups excluding carboxylic acids is 1. The Morgan fingerprint density at radius 1 is 1.38 bits per heavy atom. The fourth-order valence-electron chi connectivity index (χ4n) is 2.31. The maximum absolute atomic E-state index is 12.3. The lowest BCUT2D eigenvalue weighted by molar-refractivity contribution is -0.127. The van der Waals surface area contributed by atoms with Gasteiger partial charge >= 0.3 is 0 Å². The summed E-state index contributed by atoms with van der Waals surface area (Å²) in [5.41, 5.74) is 2.00. The van der Waals surface area contributed by atoms with Gasteiger partial charge in [-0.15, -0.1) is 23.1 Å². The van der Waals surface area contributed by atoms with E-state index in [1.165, 1.54) is 4.88 Å². The normalized spacial score (nSPS) is 12.5. The maximum Gasteiger partial charge on any atom is 0.232 e. The van der Waals surface area contributed by atoms with Crippen LogP contribution in [0.4, 0.5) is 0 Å². The molecule has 0 fully saturated rings. The molecule has 2 aromatic heterocycles. The number of amides is 1. The number of nitrogens with zero attached hydrogens (tertiary/aromatic N) is 2. The van der Waals surface area contributed by atoms with E-state index in [0.29, 0.717) is 12.3 Å². The number of hydrogen-bond donors (Lipinski definition) is 1. The van der Waals surface area contributed by atoms with Crippen LogP contribution in [0.1, 0.15) is 22.9 Å². The molecule has 4 nitrogen and oxygen atoms in total. The van der Waals surface area contributed by atoms with E-state index in [1.54, 1.807) is 28.0 Å². The molecule has 1 amide bonds. The van der Waals surface area contributed by atoms with Gasteiger partial charge < -0.3 is 9.88 Å². The number of benzene rings is 1. The zero-order valence-electron chi connectivity index (χ0n) is 13.5. The molecule has 1 aromatic carbocycles. The Morgan fingerprint density at radius 2 is 2.17 bits per heavy atom. The van der Waals surface area contributed by atoms with Crippen LogP contribution in [-0.4, -0.2) is 33.6 Å². The fourth-order valence-corrected chi connectivity index (χ4v) is 4.73. The highest BCUT2D eigenvalue weighted by Gasteiger charge is 2.16. The Labute approximate surface area is 157 Å². The first-order valence-electron chi connectivity index (χ1n) is 7.57. The Hall–Kier alpha value is -1.31. The summed E-state index contributed by atoms with van der Waals surface area (Å²) in [5.74, 6) is 1.49. The van der Waals surface area contributed by atoms with Gasteiger partial charge in [0.1, 0.15) is 5.82 Å². The van der Waals surface area contributed by atoms with Crippen molar-refractivity contribution in [3.8, 4) is 0 Å². The third-order valence-corrected chi connectivity index (χ3v) is 6.44. The standard InChI is InChI=1S/C17H18BrN3OS2/c1-11(17-19-13-5-3-4-6-14(13)20-17)23-10-16(22)21(2)9-12-7-8-15(18)24-12/h3-8,11H,9-10H2,1-2H3,(H,19,20). The Morgan fingerprint density at radius 3 is 2.88 bits per heavy atom. The molecule has 2 heterocycles. The lowest BCUT2D eigenvalue weighted by Crippen LogP contribution is -2.27. The van der Waals surface area contributed by atoms with Crippen molar-refractivity contribution in [3.63, 3.8) is 0 Å². The van der Waals surface area contributed by atoms with E-state index >= 15 is 0 Å². The van der Waals surface area contributed by atoms with Crippen LogP contribution in [0.3, 0.4) is 0 Å². The summed E-state index contributed by atoms with van der Waals surface area (Å²) < 4.78 is 1.09. The van der Waals surface area contributed by atoms with E-state index in [2.05, 4.69) is 32.8 Å². The maximum atomic E-state index is 12.3. The molecule has 1 unspecified atom stereocenters. The number of hydrogen-bond acceptors (Lipinski definition) is 4. The predicted molar refractivity (Wildman–Crippen MR) is 105 cm³/mol. The second-order valence-electron chi connectivity index (χ2n) is 5.55. The smallest absolute Gasteiger partial charge is 0.232 e. The molecule has 0 radical (unpaired) electrons. The fraction of sp³-hybridized carbons (Fsp3) is 0.294. The van der Waals surface area contributed by atoms with Crippen molar-refractivity contribution in [1.29, 1.82) is 0 Å². The summed E-state index contributed by atoms with van der Waals surface area (Å²) in [6, 6.07) is 12.0. The molecule has 0 saturated heterocycles. The molecular formula is C17H18BrN3OS2. The van der Waals surface area contributed by atoms with Crippen LogP contribution in [0.2, 0.25) is 0 Å². The highest BCUT2D eigenvalue weighted by molar-refractivity contribution is 9.11. The number of aromatic amines is 1. The number of thioether (sulfide) groups is 1. The van der Waals surface area contributed by atoms with Crippen LogP contribution < -0.4 is 0 Å². The number of halogens is 1. The van der Waals surface area contributed by atoms with E-state index in [9.17, 15) is 4.79 Å². The van der Waals surface area contributed by atoms with Crippen LogP contribution >= 0.6 is 39.0 Å². The quantitative estimate of drug-likeness (QED) is 0.616. The summed E-state index contributed by atoms with van der Waals surface area (Å²) >= 11 is 6.71. The lowest BCUT2D eigenvalue weighted by atomic mass is 10.3. The Balaban J connectivity index is 1.54. The third-order valence-electron chi connectivity index (χ3n) is 3.70. The van der Waals surface area contributed by atoms with E-state index in [0.717, 1.165) is 20.6 Å². The van der Waals surface area contributed by atoms with Crippen LogP contribution in [0.5, 0.6) is 0 Å². The van der Waals surface area contributed by atoms with Gasteiger partial charge in [0, 0.05) is 11.9 Å². The van der Waals surface area contributed by atoms with Crippen molar-refractivity contribution in [2.75, 3.05) is 12.8 Å². The number of para-hydroxylation sites is 2. The summed E-state index contributed by atoms with van der Waals surface area (Å²) in [6.45, 7) is 2.72. The zero-order valence-corrected chi connectivity index (χ0v) is 16.7. The summed E-state index contributed by atoms with van der Waals surface area (Å²) in [4.78, 5) is 23.2. The largest absolute Gasteiger partial charge is 0.341 e. The van der Waals surface area contributed by atoms with Crippen molar-refractivity contribution in [1.82, 2.24) is 14.9 Å². The number of thiophene rings is 1. The Kier molecular flexibility index (Phi) is 5.63. The van der Waals surface area contributed by atoms with Gasteiger partial charge in [0.05, 0.1) is 32.4 Å². The number of H-pyrrole nitrogens is 1. The molecule has 126 valence electrons. The molecule has 0 bridgehead atoms. The number of imidazole rings is 1. The molecule has 3 rings (SSSR count). The van der Waals surface area contributed by atoms with Crippen LogP contribution in [-0.2, 0) is 11.3 Å². The Bertz CT molecular complexity index is 812. The first-order chi connectivity index (χ1) is 11.5.